The summed E-state index contributed by atoms with van der Waals surface area (Å²) >= 11 is 3.44. The van der Waals surface area contributed by atoms with Crippen molar-refractivity contribution >= 4 is 21.6 Å². The van der Waals surface area contributed by atoms with E-state index in [1.165, 1.54) is 0 Å². The number of hydrogen-bond acceptors (Lipinski definition) is 4. The number of nitrogens with two attached hydrogens (primary N) is 1. The zero-order valence-corrected chi connectivity index (χ0v) is 11.7. The van der Waals surface area contributed by atoms with Gasteiger partial charge < -0.3 is 11.1 Å². The largest absolute Gasteiger partial charge is 0.398 e. The molecule has 5 heteroatoms. The first-order valence-corrected chi connectivity index (χ1v) is 6.55. The van der Waals surface area contributed by atoms with Gasteiger partial charge in [-0.05, 0) is 40.2 Å². The molecule has 0 saturated heterocycles. The van der Waals surface area contributed by atoms with Gasteiger partial charge in [0.25, 0.3) is 0 Å². The van der Waals surface area contributed by atoms with E-state index in [-0.39, 0.29) is 6.04 Å². The Bertz CT molecular complexity index is 530. The van der Waals surface area contributed by atoms with Crippen molar-refractivity contribution in [3.05, 3.63) is 52.5 Å². The van der Waals surface area contributed by atoms with Crippen LogP contribution in [0.2, 0.25) is 0 Å². The highest BCUT2D eigenvalue weighted by Gasteiger charge is 2.16. The topological polar surface area (TPSA) is 63.8 Å². The van der Waals surface area contributed by atoms with Crippen LogP contribution in [-0.4, -0.2) is 16.5 Å². The van der Waals surface area contributed by atoms with E-state index in [0.29, 0.717) is 0 Å². The van der Waals surface area contributed by atoms with E-state index in [1.807, 2.05) is 18.3 Å². The molecular weight excluding hydrogens is 292 g/mol. The fraction of sp³-hybridized carbons (Fsp3) is 0.231. The van der Waals surface area contributed by atoms with Gasteiger partial charge in [0.15, 0.2) is 0 Å². The van der Waals surface area contributed by atoms with E-state index in [2.05, 4.69) is 38.1 Å². The van der Waals surface area contributed by atoms with Crippen LogP contribution in [0.25, 0.3) is 0 Å². The normalized spacial score (nSPS) is 12.3. The van der Waals surface area contributed by atoms with Gasteiger partial charge in [-0.25, -0.2) is 0 Å². The Labute approximate surface area is 115 Å². The number of halogens is 1. The molecule has 0 aliphatic rings. The summed E-state index contributed by atoms with van der Waals surface area (Å²) in [4.78, 5) is 8.34. The number of nitrogens with zero attached hydrogens (tertiary/aromatic N) is 2. The van der Waals surface area contributed by atoms with Crippen molar-refractivity contribution in [1.29, 1.82) is 0 Å². The number of hydrogen-bond donors (Lipinski definition) is 2. The quantitative estimate of drug-likeness (QED) is 0.911. The summed E-state index contributed by atoms with van der Waals surface area (Å²) in [5.41, 5.74) is 8.78. The lowest BCUT2D eigenvalue weighted by atomic mass is 10.0. The SMILES string of the molecule is CCNC(c1cncc(Br)c1)c1cnccc1N. The fourth-order valence-electron chi connectivity index (χ4n) is 1.86. The Balaban J connectivity index is 2.43. The molecule has 94 valence electrons. The number of anilines is 1. The van der Waals surface area contributed by atoms with Crippen molar-refractivity contribution in [2.45, 2.75) is 13.0 Å². The summed E-state index contributed by atoms with van der Waals surface area (Å²) in [6, 6.07) is 3.85. The molecular formula is C13H15BrN4. The van der Waals surface area contributed by atoms with Crippen molar-refractivity contribution in [3.8, 4) is 0 Å². The van der Waals surface area contributed by atoms with E-state index in [1.54, 1.807) is 18.6 Å². The van der Waals surface area contributed by atoms with Crippen LogP contribution in [0, 0.1) is 0 Å². The molecule has 0 aliphatic heterocycles. The summed E-state index contributed by atoms with van der Waals surface area (Å²) in [7, 11) is 0. The van der Waals surface area contributed by atoms with Gasteiger partial charge in [0, 0.05) is 40.5 Å². The van der Waals surface area contributed by atoms with E-state index in [9.17, 15) is 0 Å². The average Bonchev–Trinajstić information content (AvgIpc) is 2.37. The predicted molar refractivity (Wildman–Crippen MR) is 76.1 cm³/mol. The van der Waals surface area contributed by atoms with Crippen molar-refractivity contribution in [1.82, 2.24) is 15.3 Å². The van der Waals surface area contributed by atoms with E-state index >= 15 is 0 Å². The summed E-state index contributed by atoms with van der Waals surface area (Å²) in [6.07, 6.45) is 7.09. The third-order valence-electron chi connectivity index (χ3n) is 2.67. The van der Waals surface area contributed by atoms with Crippen LogP contribution in [0.3, 0.4) is 0 Å². The van der Waals surface area contributed by atoms with Gasteiger partial charge in [0.2, 0.25) is 0 Å². The summed E-state index contributed by atoms with van der Waals surface area (Å²) < 4.78 is 0.949. The van der Waals surface area contributed by atoms with Gasteiger partial charge in [-0.3, -0.25) is 9.97 Å². The number of aromatic nitrogens is 2. The highest BCUT2D eigenvalue weighted by atomic mass is 79.9. The molecule has 4 nitrogen and oxygen atoms in total. The summed E-state index contributed by atoms with van der Waals surface area (Å²) in [6.45, 7) is 2.90. The monoisotopic (exact) mass is 306 g/mol. The first-order valence-electron chi connectivity index (χ1n) is 5.75. The molecule has 2 aromatic heterocycles. The van der Waals surface area contributed by atoms with Crippen LogP contribution in [0.5, 0.6) is 0 Å². The molecule has 0 saturated carbocycles. The maximum Gasteiger partial charge on any atom is 0.0628 e. The molecule has 0 spiro atoms. The Hall–Kier alpha value is -1.46. The molecule has 0 amide bonds. The van der Waals surface area contributed by atoms with Gasteiger partial charge in [0.1, 0.15) is 0 Å². The molecule has 18 heavy (non-hydrogen) atoms. The first kappa shape index (κ1) is 13.0. The third-order valence-corrected chi connectivity index (χ3v) is 3.10. The maximum absolute atomic E-state index is 6.01. The Morgan fingerprint density at radius 3 is 2.83 bits per heavy atom. The molecule has 0 aliphatic carbocycles. The summed E-state index contributed by atoms with van der Waals surface area (Å²) in [5, 5.41) is 3.40. The Morgan fingerprint density at radius 2 is 2.17 bits per heavy atom. The number of rotatable bonds is 4. The second-order valence-corrected chi connectivity index (χ2v) is 4.85. The van der Waals surface area contributed by atoms with Gasteiger partial charge in [-0.1, -0.05) is 6.92 Å². The van der Waals surface area contributed by atoms with Crippen molar-refractivity contribution in [3.63, 3.8) is 0 Å². The molecule has 0 fully saturated rings. The van der Waals surface area contributed by atoms with E-state index in [0.717, 1.165) is 27.8 Å². The molecule has 1 unspecified atom stereocenters. The van der Waals surface area contributed by atoms with E-state index < -0.39 is 0 Å². The lowest BCUT2D eigenvalue weighted by Gasteiger charge is -2.19. The summed E-state index contributed by atoms with van der Waals surface area (Å²) in [5.74, 6) is 0. The molecule has 2 heterocycles. The second-order valence-electron chi connectivity index (χ2n) is 3.93. The van der Waals surface area contributed by atoms with Crippen molar-refractivity contribution in [2.75, 3.05) is 12.3 Å². The maximum atomic E-state index is 6.01. The lowest BCUT2D eigenvalue weighted by Crippen LogP contribution is -2.23. The van der Waals surface area contributed by atoms with Crippen LogP contribution < -0.4 is 11.1 Å². The molecule has 0 bridgehead atoms. The van der Waals surface area contributed by atoms with Crippen LogP contribution in [-0.2, 0) is 0 Å². The number of nitrogens with one attached hydrogen (secondary N) is 1. The highest BCUT2D eigenvalue weighted by Crippen LogP contribution is 2.26. The minimum absolute atomic E-state index is 0.00806. The fourth-order valence-corrected chi connectivity index (χ4v) is 2.24. The molecule has 2 rings (SSSR count). The zero-order valence-electron chi connectivity index (χ0n) is 10.1. The zero-order chi connectivity index (χ0) is 13.0. The highest BCUT2D eigenvalue weighted by molar-refractivity contribution is 9.10. The Kier molecular flexibility index (Phi) is 4.28. The van der Waals surface area contributed by atoms with Crippen LogP contribution in [0.15, 0.2) is 41.4 Å². The number of nitrogen functional groups attached to an aromatic ring is 1. The molecule has 1 atom stereocenters. The Morgan fingerprint density at radius 1 is 1.33 bits per heavy atom. The van der Waals surface area contributed by atoms with Crippen LogP contribution >= 0.6 is 15.9 Å². The molecule has 2 aromatic rings. The first-order chi connectivity index (χ1) is 8.72. The van der Waals surface area contributed by atoms with Gasteiger partial charge in [-0.2, -0.15) is 0 Å². The molecule has 0 radical (unpaired) electrons. The average molecular weight is 307 g/mol. The van der Waals surface area contributed by atoms with Crippen molar-refractivity contribution < 1.29 is 0 Å². The minimum atomic E-state index is 0.00806. The molecule has 0 aromatic carbocycles. The van der Waals surface area contributed by atoms with Crippen molar-refractivity contribution in [2.24, 2.45) is 0 Å². The smallest absolute Gasteiger partial charge is 0.0628 e. The number of pyridine rings is 2. The minimum Gasteiger partial charge on any atom is -0.398 e. The van der Waals surface area contributed by atoms with Gasteiger partial charge in [0.05, 0.1) is 6.04 Å². The molecule has 3 N–H and O–H groups in total. The predicted octanol–water partition coefficient (Wildman–Crippen LogP) is 2.52. The van der Waals surface area contributed by atoms with Gasteiger partial charge >= 0.3 is 0 Å². The van der Waals surface area contributed by atoms with Crippen LogP contribution in [0.1, 0.15) is 24.1 Å². The second kappa shape index (κ2) is 5.93. The van der Waals surface area contributed by atoms with Crippen LogP contribution in [0.4, 0.5) is 5.69 Å². The van der Waals surface area contributed by atoms with Gasteiger partial charge in [-0.15, -0.1) is 0 Å². The standard InChI is InChI=1S/C13H15BrN4/c1-2-18-13(9-5-10(14)7-17-6-9)11-8-16-4-3-12(11)15/h3-8,13,18H,2H2,1H3,(H2,15,16). The lowest BCUT2D eigenvalue weighted by molar-refractivity contribution is 0.628. The van der Waals surface area contributed by atoms with E-state index in [4.69, 9.17) is 5.73 Å². The third kappa shape index (κ3) is 2.86.